The molecular weight excluding hydrogens is 369 g/mol. The molecule has 11 heteroatoms. The molecule has 1 aromatic rings. The van der Waals surface area contributed by atoms with Crippen LogP contribution in [0.15, 0.2) is 24.5 Å². The quantitative estimate of drug-likeness (QED) is 0.202. The Labute approximate surface area is 150 Å². The Balaban J connectivity index is 2.07. The van der Waals surface area contributed by atoms with Gasteiger partial charge in [0.15, 0.2) is 18.5 Å². The van der Waals surface area contributed by atoms with Crippen LogP contribution in [0.1, 0.15) is 36.4 Å². The maximum absolute atomic E-state index is 12.0. The van der Waals surface area contributed by atoms with Gasteiger partial charge in [-0.25, -0.2) is 9.36 Å². The molecule has 26 heavy (non-hydrogen) atoms. The van der Waals surface area contributed by atoms with Crippen molar-refractivity contribution < 1.29 is 47.9 Å². The van der Waals surface area contributed by atoms with Crippen molar-refractivity contribution in [2.24, 2.45) is 0 Å². The Hall–Kier alpha value is -1.39. The van der Waals surface area contributed by atoms with Crippen LogP contribution in [0.5, 0.6) is 0 Å². The first-order valence-corrected chi connectivity index (χ1v) is 9.65. The van der Waals surface area contributed by atoms with Gasteiger partial charge in [0.25, 0.3) is 6.23 Å². The zero-order chi connectivity index (χ0) is 19.3. The minimum atomic E-state index is -4.73. The van der Waals surface area contributed by atoms with Crippen molar-refractivity contribution in [2.45, 2.75) is 44.3 Å². The molecule has 0 radical (unpaired) electrons. The number of aliphatic hydroxyl groups excluding tert-OH is 2. The molecule has 0 aromatic carbocycles. The number of ether oxygens (including phenoxy) is 2. The maximum atomic E-state index is 12.0. The van der Waals surface area contributed by atoms with Crippen LogP contribution >= 0.6 is 7.82 Å². The van der Waals surface area contributed by atoms with Crippen LogP contribution in [-0.4, -0.2) is 57.5 Å². The van der Waals surface area contributed by atoms with E-state index in [0.717, 1.165) is 12.8 Å². The van der Waals surface area contributed by atoms with Crippen molar-refractivity contribution >= 4 is 13.8 Å². The molecule has 0 amide bonds. The third-order valence-electron chi connectivity index (χ3n) is 3.83. The van der Waals surface area contributed by atoms with E-state index in [1.54, 1.807) is 6.07 Å². The van der Waals surface area contributed by atoms with Gasteiger partial charge in [-0.15, -0.1) is 0 Å². The molecule has 1 aliphatic rings. The first-order valence-electron chi connectivity index (χ1n) is 8.12. The number of hydrogen-bond donors (Lipinski definition) is 4. The monoisotopic (exact) mass is 392 g/mol. The number of unbranched alkanes of at least 4 members (excludes halogenated alkanes) is 1. The molecule has 4 N–H and O–H groups in total. The number of aliphatic hydroxyl groups is 2. The molecule has 1 fully saturated rings. The number of carbonyl (C=O) groups excluding carboxylic acids is 1. The number of rotatable bonds is 8. The largest absolute Gasteiger partial charge is 0.469 e. The summed E-state index contributed by atoms with van der Waals surface area (Å²) in [5.41, 5.74) is 0.240. The van der Waals surface area contributed by atoms with Crippen molar-refractivity contribution in [3.63, 3.8) is 0 Å². The lowest BCUT2D eigenvalue weighted by Crippen LogP contribution is -2.46. The smallest absolute Gasteiger partial charge is 0.462 e. The average molecular weight is 392 g/mol. The summed E-state index contributed by atoms with van der Waals surface area (Å²) in [5, 5.41) is 20.1. The van der Waals surface area contributed by atoms with Gasteiger partial charge in [0.1, 0.15) is 17.8 Å². The van der Waals surface area contributed by atoms with E-state index in [1.165, 1.54) is 23.0 Å². The predicted molar refractivity (Wildman–Crippen MR) is 85.7 cm³/mol. The third kappa shape index (κ3) is 5.55. The van der Waals surface area contributed by atoms with Gasteiger partial charge in [0, 0.05) is 6.07 Å². The molecule has 1 aliphatic heterocycles. The van der Waals surface area contributed by atoms with Crippen LogP contribution in [0, 0.1) is 0 Å². The van der Waals surface area contributed by atoms with Gasteiger partial charge in [0.05, 0.1) is 13.2 Å². The second kappa shape index (κ2) is 9.01. The number of phosphoric acid groups is 1. The molecule has 0 saturated carbocycles. The lowest BCUT2D eigenvalue weighted by Gasteiger charge is -2.13. The predicted octanol–water partition coefficient (Wildman–Crippen LogP) is -0.341. The Kier molecular flexibility index (Phi) is 7.24. The third-order valence-corrected chi connectivity index (χ3v) is 4.31. The molecule has 0 bridgehead atoms. The number of esters is 1. The molecular formula is C15H23NO9P+. The van der Waals surface area contributed by atoms with Crippen molar-refractivity contribution in [2.75, 3.05) is 13.2 Å². The lowest BCUT2D eigenvalue weighted by atomic mass is 10.1. The Bertz CT molecular complexity index is 664. The van der Waals surface area contributed by atoms with Gasteiger partial charge in [-0.2, -0.15) is 4.57 Å². The fourth-order valence-corrected chi connectivity index (χ4v) is 2.79. The highest BCUT2D eigenvalue weighted by Crippen LogP contribution is 2.37. The molecule has 2 heterocycles. The standard InChI is InChI=1S/C15H22NO9P/c1-2-3-7-23-15(19)10-5-4-6-16(8-10)14-13(18)12(17)11(25-14)9-24-26(20,21)22/h4-6,8,11-14,17-18H,2-3,7,9H2,1H3,(H-,20,21,22)/p+1/t11-,12+,13+,14-/m1/s1. The van der Waals surface area contributed by atoms with Crippen molar-refractivity contribution in [3.05, 3.63) is 30.1 Å². The van der Waals surface area contributed by atoms with Gasteiger partial charge in [0.2, 0.25) is 0 Å². The van der Waals surface area contributed by atoms with Crippen LogP contribution in [-0.2, 0) is 18.6 Å². The molecule has 10 nitrogen and oxygen atoms in total. The molecule has 146 valence electrons. The normalized spacial score (nSPS) is 26.0. The summed E-state index contributed by atoms with van der Waals surface area (Å²) >= 11 is 0. The van der Waals surface area contributed by atoms with E-state index < -0.39 is 44.9 Å². The first-order chi connectivity index (χ1) is 12.2. The lowest BCUT2D eigenvalue weighted by molar-refractivity contribution is -0.765. The summed E-state index contributed by atoms with van der Waals surface area (Å²) in [6, 6.07) is 3.09. The van der Waals surface area contributed by atoms with Crippen LogP contribution in [0.25, 0.3) is 0 Å². The first kappa shape index (κ1) is 20.9. The molecule has 1 aromatic heterocycles. The maximum Gasteiger partial charge on any atom is 0.469 e. The topological polar surface area (TPSA) is 147 Å². The molecule has 0 unspecified atom stereocenters. The minimum Gasteiger partial charge on any atom is -0.462 e. The van der Waals surface area contributed by atoms with Crippen LogP contribution < -0.4 is 4.57 Å². The summed E-state index contributed by atoms with van der Waals surface area (Å²) in [6.07, 6.45) is -0.433. The highest BCUT2D eigenvalue weighted by molar-refractivity contribution is 7.46. The van der Waals surface area contributed by atoms with Crippen molar-refractivity contribution in [1.82, 2.24) is 0 Å². The number of aromatic nitrogens is 1. The molecule has 4 atom stereocenters. The Morgan fingerprint density at radius 3 is 2.73 bits per heavy atom. The zero-order valence-corrected chi connectivity index (χ0v) is 15.1. The molecule has 1 saturated heterocycles. The fourth-order valence-electron chi connectivity index (χ4n) is 2.45. The second-order valence-corrected chi connectivity index (χ2v) is 7.10. The van der Waals surface area contributed by atoms with E-state index in [2.05, 4.69) is 4.52 Å². The number of phosphoric ester groups is 1. The number of nitrogens with zero attached hydrogens (tertiary/aromatic N) is 1. The fraction of sp³-hybridized carbons (Fsp3) is 0.600. The van der Waals surface area contributed by atoms with Gasteiger partial charge < -0.3 is 29.5 Å². The molecule has 2 rings (SSSR count). The minimum absolute atomic E-state index is 0.240. The summed E-state index contributed by atoms with van der Waals surface area (Å²) in [6.45, 7) is 1.67. The summed E-state index contributed by atoms with van der Waals surface area (Å²) in [7, 11) is -4.73. The number of pyridine rings is 1. The van der Waals surface area contributed by atoms with Crippen LogP contribution in [0.3, 0.4) is 0 Å². The van der Waals surface area contributed by atoms with Crippen LogP contribution in [0.4, 0.5) is 0 Å². The van der Waals surface area contributed by atoms with E-state index in [0.29, 0.717) is 6.61 Å². The van der Waals surface area contributed by atoms with E-state index in [9.17, 15) is 19.6 Å². The second-order valence-electron chi connectivity index (χ2n) is 5.86. The van der Waals surface area contributed by atoms with Gasteiger partial charge >= 0.3 is 13.8 Å². The Morgan fingerprint density at radius 2 is 2.08 bits per heavy atom. The van der Waals surface area contributed by atoms with E-state index in [4.69, 9.17) is 19.3 Å². The van der Waals surface area contributed by atoms with Crippen LogP contribution in [0.2, 0.25) is 0 Å². The Morgan fingerprint density at radius 1 is 1.35 bits per heavy atom. The van der Waals surface area contributed by atoms with Crippen molar-refractivity contribution in [1.29, 1.82) is 0 Å². The summed E-state index contributed by atoms with van der Waals surface area (Å²) in [4.78, 5) is 29.5. The highest BCUT2D eigenvalue weighted by atomic mass is 31.2. The number of carbonyl (C=O) groups is 1. The molecule has 0 spiro atoms. The van der Waals surface area contributed by atoms with E-state index >= 15 is 0 Å². The van der Waals surface area contributed by atoms with Crippen molar-refractivity contribution in [3.8, 4) is 0 Å². The summed E-state index contributed by atoms with van der Waals surface area (Å²) < 4.78 is 27.0. The zero-order valence-electron chi connectivity index (χ0n) is 14.2. The van der Waals surface area contributed by atoms with Gasteiger partial charge in [-0.3, -0.25) is 4.52 Å². The van der Waals surface area contributed by atoms with Gasteiger partial charge in [-0.1, -0.05) is 13.3 Å². The number of hydrogen-bond acceptors (Lipinski definition) is 7. The summed E-state index contributed by atoms with van der Waals surface area (Å²) in [5.74, 6) is -0.526. The molecule has 0 aliphatic carbocycles. The SMILES string of the molecule is CCCCOC(=O)c1ccc[n+]([C@@H]2O[C@H](COP(=O)(O)O)[C@H](O)[C@@H]2O)c1. The highest BCUT2D eigenvalue weighted by Gasteiger charge is 2.49. The average Bonchev–Trinajstić information content (AvgIpc) is 2.88. The van der Waals surface area contributed by atoms with E-state index in [1.807, 2.05) is 6.92 Å². The van der Waals surface area contributed by atoms with Gasteiger partial charge in [-0.05, 0) is 12.5 Å². The van der Waals surface area contributed by atoms with E-state index in [-0.39, 0.29) is 5.56 Å².